The lowest BCUT2D eigenvalue weighted by Gasteiger charge is -2.26. The number of hydrogen-bond acceptors (Lipinski definition) is 6. The fourth-order valence-electron chi connectivity index (χ4n) is 5.68. The van der Waals surface area contributed by atoms with Crippen LogP contribution in [0.25, 0.3) is 0 Å². The molecule has 1 saturated carbocycles. The van der Waals surface area contributed by atoms with Crippen molar-refractivity contribution in [2.75, 3.05) is 15.0 Å². The highest BCUT2D eigenvalue weighted by Crippen LogP contribution is 2.29. The summed E-state index contributed by atoms with van der Waals surface area (Å²) in [7, 11) is 0. The molecule has 0 spiro atoms. The molecule has 2 aliphatic carbocycles. The summed E-state index contributed by atoms with van der Waals surface area (Å²) in [5.41, 5.74) is 8.67. The third-order valence-corrected chi connectivity index (χ3v) is 8.11. The second kappa shape index (κ2) is 19.3. The van der Waals surface area contributed by atoms with Gasteiger partial charge in [0.25, 0.3) is 0 Å². The van der Waals surface area contributed by atoms with Crippen LogP contribution in [0.5, 0.6) is 0 Å². The minimum Gasteiger partial charge on any atom is -0.280 e. The first-order chi connectivity index (χ1) is 24.7. The van der Waals surface area contributed by atoms with Crippen LogP contribution in [0.1, 0.15) is 52.4 Å². The molecule has 2 N–H and O–H groups in total. The van der Waals surface area contributed by atoms with Crippen molar-refractivity contribution < 1.29 is 0 Å². The van der Waals surface area contributed by atoms with E-state index in [2.05, 4.69) is 101 Å². The second-order valence-corrected chi connectivity index (χ2v) is 11.6. The Bertz CT molecular complexity index is 1740. The van der Waals surface area contributed by atoms with Crippen LogP contribution in [0.4, 0.5) is 28.4 Å². The highest BCUT2D eigenvalue weighted by Gasteiger charge is 2.19. The van der Waals surface area contributed by atoms with Gasteiger partial charge in [-0.15, -0.1) is 0 Å². The van der Waals surface area contributed by atoms with E-state index >= 15 is 0 Å². The Hall–Kier alpha value is -5.72. The van der Waals surface area contributed by atoms with Crippen molar-refractivity contribution in [2.24, 2.45) is 16.0 Å². The number of nitrogens with two attached hydrogens (primary N) is 1. The van der Waals surface area contributed by atoms with Gasteiger partial charge in [-0.05, 0) is 98.8 Å². The molecule has 0 aliphatic heterocycles. The fourth-order valence-corrected chi connectivity index (χ4v) is 5.68. The molecule has 5 aromatic carbocycles. The van der Waals surface area contributed by atoms with Gasteiger partial charge in [-0.2, -0.15) is 10.2 Å². The molecular formula is C44H48N6. The fraction of sp³-hybridized carbons (Fsp3) is 0.182. The van der Waals surface area contributed by atoms with Crippen LogP contribution in [0.3, 0.4) is 0 Å². The van der Waals surface area contributed by atoms with Crippen molar-refractivity contribution in [1.82, 2.24) is 0 Å². The Balaban J connectivity index is 0.000000253. The topological polar surface area (TPSA) is 60.5 Å². The summed E-state index contributed by atoms with van der Waals surface area (Å²) in [6, 6.07) is 50.9. The molecule has 0 radical (unpaired) electrons. The van der Waals surface area contributed by atoms with Crippen molar-refractivity contribution in [1.29, 1.82) is 0 Å². The molecule has 0 amide bonds. The van der Waals surface area contributed by atoms with Crippen LogP contribution in [-0.4, -0.2) is 11.4 Å². The highest BCUT2D eigenvalue weighted by molar-refractivity contribution is 6.07. The second-order valence-electron chi connectivity index (χ2n) is 11.6. The SMILES string of the molecule is C1=CC(N(/N=C2\CCC/C(=N\N(c3ccccc3)c3ccccc3)C2)c2ccccc2)=CCC1.CC.NN(c1ccccc1)c1ccccc1. The predicted molar refractivity (Wildman–Crippen MR) is 214 cm³/mol. The Labute approximate surface area is 298 Å². The standard InChI is InChI=1S/C30H30N4.C12H12N2.C2H6/c1-5-16-27(17-6-1)33(28-18-7-2-8-19-28)31-25-14-13-15-26(24-25)32-34(29-20-9-3-10-21-29)30-22-11-4-12-23-30;13-14(11-7-3-1-4-8-11)12-9-5-2-6-10-12;1-2/h1-3,5-11,16-23H,4,12-15,24H2;1-10H,13H2;1-2H3/b31-25+,32-26+;;. The summed E-state index contributed by atoms with van der Waals surface area (Å²) in [5.74, 6) is 5.95. The molecule has 50 heavy (non-hydrogen) atoms. The van der Waals surface area contributed by atoms with Crippen molar-refractivity contribution in [3.8, 4) is 0 Å². The van der Waals surface area contributed by atoms with E-state index in [-0.39, 0.29) is 0 Å². The summed E-state index contributed by atoms with van der Waals surface area (Å²) in [5, 5.41) is 16.1. The molecule has 0 saturated heterocycles. The van der Waals surface area contributed by atoms with Gasteiger partial charge in [0, 0.05) is 17.8 Å². The van der Waals surface area contributed by atoms with Gasteiger partial charge in [-0.3, -0.25) is 5.01 Å². The zero-order valence-electron chi connectivity index (χ0n) is 29.2. The molecule has 0 atom stereocenters. The Morgan fingerprint density at radius 3 is 1.26 bits per heavy atom. The zero-order chi connectivity index (χ0) is 34.8. The number of anilines is 5. The first-order valence-corrected chi connectivity index (χ1v) is 17.6. The van der Waals surface area contributed by atoms with Gasteiger partial charge < -0.3 is 0 Å². The number of hydrazone groups is 2. The number of hydrazine groups is 1. The number of benzene rings is 5. The van der Waals surface area contributed by atoms with Gasteiger partial charge in [-0.1, -0.05) is 117 Å². The molecule has 0 heterocycles. The summed E-state index contributed by atoms with van der Waals surface area (Å²) in [4.78, 5) is 0. The highest BCUT2D eigenvalue weighted by atomic mass is 15.5. The Kier molecular flexibility index (Phi) is 13.7. The van der Waals surface area contributed by atoms with E-state index in [1.165, 1.54) is 11.4 Å². The number of hydrogen-bond donors (Lipinski definition) is 1. The van der Waals surface area contributed by atoms with E-state index in [9.17, 15) is 0 Å². The lowest BCUT2D eigenvalue weighted by Crippen LogP contribution is -2.24. The molecule has 6 nitrogen and oxygen atoms in total. The maximum atomic E-state index is 5.95. The molecule has 0 unspecified atom stereocenters. The maximum Gasteiger partial charge on any atom is 0.0652 e. The molecule has 7 rings (SSSR count). The lowest BCUT2D eigenvalue weighted by molar-refractivity contribution is 0.847. The van der Waals surface area contributed by atoms with Crippen molar-refractivity contribution in [3.05, 3.63) is 176 Å². The van der Waals surface area contributed by atoms with Crippen LogP contribution >= 0.6 is 0 Å². The molecular weight excluding hydrogens is 613 g/mol. The zero-order valence-corrected chi connectivity index (χ0v) is 29.2. The first kappa shape index (κ1) is 35.6. The summed E-state index contributed by atoms with van der Waals surface area (Å²) < 4.78 is 0. The predicted octanol–water partition coefficient (Wildman–Crippen LogP) is 11.6. The van der Waals surface area contributed by atoms with E-state index in [1.807, 2.05) is 92.7 Å². The molecule has 1 fully saturated rings. The monoisotopic (exact) mass is 660 g/mol. The average Bonchev–Trinajstić information content (AvgIpc) is 3.22. The quantitative estimate of drug-likeness (QED) is 0.133. The molecule has 0 aromatic heterocycles. The van der Waals surface area contributed by atoms with Crippen LogP contribution in [-0.2, 0) is 0 Å². The smallest absolute Gasteiger partial charge is 0.0652 e. The summed E-state index contributed by atoms with van der Waals surface area (Å²) in [6.07, 6.45) is 12.7. The van der Waals surface area contributed by atoms with E-state index in [0.29, 0.717) is 0 Å². The number of nitrogens with zero attached hydrogens (tertiary/aromatic N) is 5. The molecule has 0 bridgehead atoms. The Morgan fingerprint density at radius 2 is 0.860 bits per heavy atom. The van der Waals surface area contributed by atoms with Crippen molar-refractivity contribution in [3.63, 3.8) is 0 Å². The maximum absolute atomic E-state index is 5.95. The molecule has 254 valence electrons. The van der Waals surface area contributed by atoms with Crippen LogP contribution in [0.15, 0.2) is 186 Å². The van der Waals surface area contributed by atoms with Gasteiger partial charge in [0.2, 0.25) is 0 Å². The van der Waals surface area contributed by atoms with E-state index < -0.39 is 0 Å². The van der Waals surface area contributed by atoms with Gasteiger partial charge in [0.1, 0.15) is 0 Å². The van der Waals surface area contributed by atoms with E-state index in [4.69, 9.17) is 16.0 Å². The average molecular weight is 661 g/mol. The largest absolute Gasteiger partial charge is 0.280 e. The van der Waals surface area contributed by atoms with Gasteiger partial charge in [0.15, 0.2) is 0 Å². The van der Waals surface area contributed by atoms with Crippen LogP contribution in [0.2, 0.25) is 0 Å². The number of para-hydroxylation sites is 5. The van der Waals surface area contributed by atoms with Gasteiger partial charge in [0.05, 0.1) is 34.1 Å². The molecule has 2 aliphatic rings. The first-order valence-electron chi connectivity index (χ1n) is 17.6. The van der Waals surface area contributed by atoms with Crippen molar-refractivity contribution in [2.45, 2.75) is 52.4 Å². The third kappa shape index (κ3) is 10.1. The van der Waals surface area contributed by atoms with Crippen molar-refractivity contribution >= 4 is 39.9 Å². The van der Waals surface area contributed by atoms with Crippen LogP contribution in [0, 0.1) is 0 Å². The van der Waals surface area contributed by atoms with Gasteiger partial charge >= 0.3 is 0 Å². The summed E-state index contributed by atoms with van der Waals surface area (Å²) in [6.45, 7) is 4.00. The normalized spacial score (nSPS) is 15.1. The summed E-state index contributed by atoms with van der Waals surface area (Å²) >= 11 is 0. The molecule has 5 aromatic rings. The third-order valence-electron chi connectivity index (χ3n) is 8.11. The number of allylic oxidation sites excluding steroid dienone is 3. The number of rotatable bonds is 8. The Morgan fingerprint density at radius 1 is 0.480 bits per heavy atom. The minimum absolute atomic E-state index is 0.788. The minimum atomic E-state index is 0.788. The molecule has 6 heteroatoms. The van der Waals surface area contributed by atoms with E-state index in [1.54, 1.807) is 5.01 Å². The van der Waals surface area contributed by atoms with Gasteiger partial charge in [-0.25, -0.2) is 15.9 Å². The lowest BCUT2D eigenvalue weighted by atomic mass is 9.96. The van der Waals surface area contributed by atoms with E-state index in [0.717, 1.165) is 72.7 Å². The van der Waals surface area contributed by atoms with Crippen LogP contribution < -0.4 is 20.9 Å².